The van der Waals surface area contributed by atoms with Crippen LogP contribution >= 0.6 is 23.2 Å². The van der Waals surface area contributed by atoms with Crippen LogP contribution in [0.2, 0.25) is 10.0 Å². The average Bonchev–Trinajstić information content (AvgIpc) is 2.47. The van der Waals surface area contributed by atoms with E-state index in [1.165, 1.54) is 13.3 Å². The molecule has 0 aliphatic rings. The molecule has 0 saturated heterocycles. The predicted molar refractivity (Wildman–Crippen MR) is 83.2 cm³/mol. The SMILES string of the molecule is COc1cc(C=NO)cc(Cl)c1OCc1ccc(Cl)cc1. The molecule has 6 heteroatoms. The Hall–Kier alpha value is -1.91. The fourth-order valence-electron chi connectivity index (χ4n) is 1.76. The molecule has 0 fully saturated rings. The summed E-state index contributed by atoms with van der Waals surface area (Å²) in [5.41, 5.74) is 1.57. The number of hydrogen-bond donors (Lipinski definition) is 1. The van der Waals surface area contributed by atoms with Gasteiger partial charge in [-0.25, -0.2) is 0 Å². The van der Waals surface area contributed by atoms with E-state index in [4.69, 9.17) is 37.9 Å². The highest BCUT2D eigenvalue weighted by Crippen LogP contribution is 2.36. The van der Waals surface area contributed by atoms with Crippen molar-refractivity contribution in [3.63, 3.8) is 0 Å². The lowest BCUT2D eigenvalue weighted by Crippen LogP contribution is -1.99. The molecule has 0 unspecified atom stereocenters. The first kappa shape index (κ1) is 15.5. The van der Waals surface area contributed by atoms with Gasteiger partial charge in [-0.2, -0.15) is 0 Å². The molecule has 0 radical (unpaired) electrons. The van der Waals surface area contributed by atoms with Crippen LogP contribution in [0.1, 0.15) is 11.1 Å². The van der Waals surface area contributed by atoms with Crippen molar-refractivity contribution >= 4 is 29.4 Å². The minimum Gasteiger partial charge on any atom is -0.493 e. The van der Waals surface area contributed by atoms with Crippen molar-refractivity contribution < 1.29 is 14.7 Å². The first-order chi connectivity index (χ1) is 10.1. The van der Waals surface area contributed by atoms with Gasteiger partial charge in [-0.05, 0) is 29.8 Å². The van der Waals surface area contributed by atoms with Crippen LogP contribution in [-0.2, 0) is 6.61 Å². The van der Waals surface area contributed by atoms with Gasteiger partial charge in [0.1, 0.15) is 6.61 Å². The van der Waals surface area contributed by atoms with Crippen LogP contribution in [0.15, 0.2) is 41.6 Å². The molecule has 0 aliphatic carbocycles. The minimum atomic E-state index is 0.334. The Morgan fingerprint density at radius 2 is 1.90 bits per heavy atom. The first-order valence-corrected chi connectivity index (χ1v) is 6.82. The van der Waals surface area contributed by atoms with Gasteiger partial charge in [0.2, 0.25) is 0 Å². The maximum atomic E-state index is 8.56. The van der Waals surface area contributed by atoms with Crippen molar-refractivity contribution in [3.8, 4) is 11.5 Å². The van der Waals surface area contributed by atoms with Crippen LogP contribution in [-0.4, -0.2) is 18.5 Å². The van der Waals surface area contributed by atoms with Crippen LogP contribution in [0, 0.1) is 0 Å². The number of methoxy groups -OCH3 is 1. The third-order valence-electron chi connectivity index (χ3n) is 2.76. The Morgan fingerprint density at radius 1 is 1.19 bits per heavy atom. The van der Waals surface area contributed by atoms with Crippen molar-refractivity contribution in [2.75, 3.05) is 7.11 Å². The molecular weight excluding hydrogens is 313 g/mol. The molecule has 2 rings (SSSR count). The van der Waals surface area contributed by atoms with Gasteiger partial charge in [-0.1, -0.05) is 40.5 Å². The topological polar surface area (TPSA) is 51.0 Å². The normalized spacial score (nSPS) is 10.8. The molecule has 2 aromatic carbocycles. The standard InChI is InChI=1S/C15H13Cl2NO3/c1-20-14-7-11(8-18-19)6-13(17)15(14)21-9-10-2-4-12(16)5-3-10/h2-8,19H,9H2,1H3. The Labute approximate surface area is 132 Å². The molecule has 0 heterocycles. The summed E-state index contributed by atoms with van der Waals surface area (Å²) in [4.78, 5) is 0. The number of hydrogen-bond acceptors (Lipinski definition) is 4. The van der Waals surface area contributed by atoms with E-state index < -0.39 is 0 Å². The maximum absolute atomic E-state index is 8.56. The summed E-state index contributed by atoms with van der Waals surface area (Å²) in [6.07, 6.45) is 1.26. The summed E-state index contributed by atoms with van der Waals surface area (Å²) < 4.78 is 11.0. The number of halogens is 2. The second-order valence-electron chi connectivity index (χ2n) is 4.19. The van der Waals surface area contributed by atoms with Gasteiger partial charge in [0.25, 0.3) is 0 Å². The summed E-state index contributed by atoms with van der Waals surface area (Å²) in [6, 6.07) is 10.6. The van der Waals surface area contributed by atoms with E-state index >= 15 is 0 Å². The molecule has 0 bridgehead atoms. The van der Waals surface area contributed by atoms with E-state index in [1.54, 1.807) is 24.3 Å². The van der Waals surface area contributed by atoms with E-state index in [-0.39, 0.29) is 0 Å². The Morgan fingerprint density at radius 3 is 2.52 bits per heavy atom. The highest BCUT2D eigenvalue weighted by Gasteiger charge is 2.12. The third kappa shape index (κ3) is 4.03. The second kappa shape index (κ2) is 7.20. The summed E-state index contributed by atoms with van der Waals surface area (Å²) >= 11 is 12.0. The quantitative estimate of drug-likeness (QED) is 0.504. The zero-order valence-corrected chi connectivity index (χ0v) is 12.7. The molecule has 2 aromatic rings. The lowest BCUT2D eigenvalue weighted by molar-refractivity contribution is 0.284. The molecule has 1 N–H and O–H groups in total. The lowest BCUT2D eigenvalue weighted by Gasteiger charge is -2.13. The summed E-state index contributed by atoms with van der Waals surface area (Å²) in [5, 5.41) is 12.6. The van der Waals surface area contributed by atoms with Gasteiger partial charge >= 0.3 is 0 Å². The lowest BCUT2D eigenvalue weighted by atomic mass is 10.2. The van der Waals surface area contributed by atoms with Gasteiger partial charge in [0.05, 0.1) is 18.3 Å². The van der Waals surface area contributed by atoms with Crippen molar-refractivity contribution in [1.29, 1.82) is 0 Å². The maximum Gasteiger partial charge on any atom is 0.180 e. The molecule has 110 valence electrons. The van der Waals surface area contributed by atoms with E-state index in [9.17, 15) is 0 Å². The molecule has 0 spiro atoms. The zero-order valence-electron chi connectivity index (χ0n) is 11.2. The van der Waals surface area contributed by atoms with Gasteiger partial charge in [-0.3, -0.25) is 0 Å². The van der Waals surface area contributed by atoms with Crippen molar-refractivity contribution in [2.24, 2.45) is 5.16 Å². The Bertz CT molecular complexity index is 642. The van der Waals surface area contributed by atoms with Crippen LogP contribution in [0.5, 0.6) is 11.5 Å². The van der Waals surface area contributed by atoms with Gasteiger partial charge in [0, 0.05) is 10.6 Å². The van der Waals surface area contributed by atoms with Gasteiger partial charge in [-0.15, -0.1) is 0 Å². The first-order valence-electron chi connectivity index (χ1n) is 6.06. The molecule has 0 amide bonds. The van der Waals surface area contributed by atoms with E-state index in [0.29, 0.717) is 33.7 Å². The molecule has 4 nitrogen and oxygen atoms in total. The minimum absolute atomic E-state index is 0.334. The number of ether oxygens (including phenoxy) is 2. The van der Waals surface area contributed by atoms with E-state index in [1.807, 2.05) is 12.1 Å². The highest BCUT2D eigenvalue weighted by atomic mass is 35.5. The van der Waals surface area contributed by atoms with Crippen LogP contribution in [0.4, 0.5) is 0 Å². The average molecular weight is 326 g/mol. The number of oxime groups is 1. The summed E-state index contributed by atoms with van der Waals surface area (Å²) in [6.45, 7) is 0.334. The van der Waals surface area contributed by atoms with Crippen molar-refractivity contribution in [1.82, 2.24) is 0 Å². The third-order valence-corrected chi connectivity index (χ3v) is 3.29. The molecule has 0 aliphatic heterocycles. The molecule has 0 atom stereocenters. The van der Waals surface area contributed by atoms with Crippen LogP contribution in [0.3, 0.4) is 0 Å². The number of rotatable bonds is 5. The zero-order chi connectivity index (χ0) is 15.2. The smallest absolute Gasteiger partial charge is 0.180 e. The predicted octanol–water partition coefficient (Wildman–Crippen LogP) is 4.39. The fourth-order valence-corrected chi connectivity index (χ4v) is 2.16. The molecular formula is C15H13Cl2NO3. The fraction of sp³-hybridized carbons (Fsp3) is 0.133. The van der Waals surface area contributed by atoms with Gasteiger partial charge < -0.3 is 14.7 Å². The second-order valence-corrected chi connectivity index (χ2v) is 5.04. The monoisotopic (exact) mass is 325 g/mol. The molecule has 0 saturated carbocycles. The Kier molecular flexibility index (Phi) is 5.31. The Balaban J connectivity index is 2.20. The molecule has 21 heavy (non-hydrogen) atoms. The van der Waals surface area contributed by atoms with Crippen LogP contribution in [0.25, 0.3) is 0 Å². The van der Waals surface area contributed by atoms with Crippen molar-refractivity contribution in [2.45, 2.75) is 6.61 Å². The largest absolute Gasteiger partial charge is 0.493 e. The van der Waals surface area contributed by atoms with Crippen molar-refractivity contribution in [3.05, 3.63) is 57.6 Å². The van der Waals surface area contributed by atoms with Crippen LogP contribution < -0.4 is 9.47 Å². The summed E-state index contributed by atoms with van der Waals surface area (Å²) in [7, 11) is 1.51. The highest BCUT2D eigenvalue weighted by molar-refractivity contribution is 6.32. The number of benzene rings is 2. The van der Waals surface area contributed by atoms with E-state index in [2.05, 4.69) is 5.16 Å². The molecule has 0 aromatic heterocycles. The summed E-state index contributed by atoms with van der Waals surface area (Å²) in [5.74, 6) is 0.899. The number of nitrogens with zero attached hydrogens (tertiary/aromatic N) is 1. The van der Waals surface area contributed by atoms with Gasteiger partial charge in [0.15, 0.2) is 11.5 Å². The van der Waals surface area contributed by atoms with E-state index in [0.717, 1.165) is 5.56 Å².